The van der Waals surface area contributed by atoms with Crippen LogP contribution in [-0.2, 0) is 30.1 Å². The van der Waals surface area contributed by atoms with Crippen molar-refractivity contribution in [2.45, 2.75) is 14.7 Å². The average molecular weight is 678 g/mol. The van der Waals surface area contributed by atoms with E-state index in [9.17, 15) is 25.3 Å². The van der Waals surface area contributed by atoms with Gasteiger partial charge in [0.1, 0.15) is 0 Å². The minimum atomic E-state index is -3.86. The number of primary sulfonamides is 3. The summed E-state index contributed by atoms with van der Waals surface area (Å²) in [6, 6.07) is 18.4. The monoisotopic (exact) mass is 677 g/mol. The molecule has 3 aromatic carbocycles. The molecule has 164 valence electrons. The van der Waals surface area contributed by atoms with Crippen molar-refractivity contribution in [1.29, 1.82) is 0 Å². The third-order valence-electron chi connectivity index (χ3n) is 4.27. The first kappa shape index (κ1) is 23.9. The van der Waals surface area contributed by atoms with Gasteiger partial charge in [-0.1, -0.05) is 0 Å². The first-order valence-corrected chi connectivity index (χ1v) is 18.3. The Morgan fingerprint density at radius 3 is 0.774 bits per heavy atom. The fourth-order valence-corrected chi connectivity index (χ4v) is 13.0. The van der Waals surface area contributed by atoms with Crippen molar-refractivity contribution >= 4 is 61.6 Å². The fraction of sp³-hybridized carbons (Fsp3) is 0. The molecule has 13 heteroatoms. The molecule has 0 saturated carbocycles. The summed E-state index contributed by atoms with van der Waals surface area (Å²) < 4.78 is 72.1. The Labute approximate surface area is 188 Å². The Balaban J connectivity index is 2.14. The van der Waals surface area contributed by atoms with E-state index >= 15 is 0 Å². The van der Waals surface area contributed by atoms with Gasteiger partial charge in [0.15, 0.2) is 0 Å². The van der Waals surface area contributed by atoms with E-state index in [-0.39, 0.29) is 14.7 Å². The zero-order valence-electron chi connectivity index (χ0n) is 15.8. The summed E-state index contributed by atoms with van der Waals surface area (Å²) in [4.78, 5) is -0.0990. The maximum atomic E-state index is 11.6. The standard InChI is InChI=1S/3C6H6NO2S.Bi/c3*7-10(8,9)6-4-2-1-3-5-6;/h3*2-5H,(H2,7,8,9);. The first-order valence-electron chi connectivity index (χ1n) is 8.45. The fourth-order valence-electron chi connectivity index (χ4n) is 2.80. The molecule has 0 amide bonds. The van der Waals surface area contributed by atoms with E-state index in [1.165, 1.54) is 36.4 Å². The summed E-state index contributed by atoms with van der Waals surface area (Å²) in [5, 5.41) is 15.5. The van der Waals surface area contributed by atoms with Gasteiger partial charge in [-0.3, -0.25) is 0 Å². The molecule has 0 aromatic heterocycles. The van der Waals surface area contributed by atoms with E-state index in [1.54, 1.807) is 36.4 Å². The molecule has 0 fully saturated rings. The van der Waals surface area contributed by atoms with Crippen molar-refractivity contribution in [2.24, 2.45) is 15.4 Å². The SMILES string of the molecule is NS(=O)(=O)c1cc[c]([Bi]([c]2ccc(S(N)(=O)=O)cc2)[c]2ccc(S(N)(=O)=O)cc2)cc1. The van der Waals surface area contributed by atoms with Gasteiger partial charge >= 0.3 is 190 Å². The molecular weight excluding hydrogens is 659 g/mol. The molecule has 0 spiro atoms. The van der Waals surface area contributed by atoms with Crippen LogP contribution in [0.25, 0.3) is 0 Å². The van der Waals surface area contributed by atoms with Crippen LogP contribution >= 0.6 is 0 Å². The zero-order chi connectivity index (χ0) is 23.0. The molecule has 3 rings (SSSR count). The molecule has 0 aliphatic rings. The number of hydrogen-bond donors (Lipinski definition) is 3. The molecule has 0 bridgehead atoms. The van der Waals surface area contributed by atoms with Gasteiger partial charge in [-0.2, -0.15) is 0 Å². The Bertz CT molecular complexity index is 1240. The topological polar surface area (TPSA) is 180 Å². The van der Waals surface area contributed by atoms with Crippen molar-refractivity contribution in [1.82, 2.24) is 0 Å². The van der Waals surface area contributed by atoms with Gasteiger partial charge in [0, 0.05) is 0 Å². The first-order chi connectivity index (χ1) is 14.3. The van der Waals surface area contributed by atoms with Crippen molar-refractivity contribution in [2.75, 3.05) is 0 Å². The van der Waals surface area contributed by atoms with Gasteiger partial charge in [0.2, 0.25) is 0 Å². The second-order valence-corrected chi connectivity index (χ2v) is 19.8. The number of benzene rings is 3. The summed E-state index contributed by atoms with van der Waals surface area (Å²) in [6.07, 6.45) is 0. The molecular formula is C18H18BiN3O6S3. The van der Waals surface area contributed by atoms with Gasteiger partial charge in [-0.25, -0.2) is 0 Å². The zero-order valence-corrected chi connectivity index (χ0v) is 21.7. The van der Waals surface area contributed by atoms with E-state index in [1.807, 2.05) is 0 Å². The molecule has 0 saturated heterocycles. The summed E-state index contributed by atoms with van der Waals surface area (Å²) in [6.45, 7) is 0. The predicted octanol–water partition coefficient (Wildman–Crippen LogP) is -1.85. The maximum absolute atomic E-state index is 11.6. The van der Waals surface area contributed by atoms with Crippen LogP contribution in [0.5, 0.6) is 0 Å². The summed E-state index contributed by atoms with van der Waals surface area (Å²) >= 11 is -3.06. The van der Waals surface area contributed by atoms with Crippen LogP contribution in [-0.4, -0.2) is 47.0 Å². The van der Waals surface area contributed by atoms with Crippen LogP contribution in [0.2, 0.25) is 0 Å². The van der Waals surface area contributed by atoms with Crippen molar-refractivity contribution in [3.63, 3.8) is 0 Å². The second-order valence-electron chi connectivity index (χ2n) is 6.45. The van der Waals surface area contributed by atoms with Crippen LogP contribution in [0.3, 0.4) is 0 Å². The number of nitrogens with two attached hydrogens (primary N) is 3. The third kappa shape index (κ3) is 5.75. The van der Waals surface area contributed by atoms with E-state index in [0.29, 0.717) is 0 Å². The van der Waals surface area contributed by atoms with Gasteiger partial charge in [0.25, 0.3) is 0 Å². The summed E-state index contributed by atoms with van der Waals surface area (Å²) in [5.74, 6) is 0. The molecule has 31 heavy (non-hydrogen) atoms. The second kappa shape index (κ2) is 8.66. The molecule has 0 radical (unpaired) electrons. The molecule has 0 heterocycles. The number of sulfonamides is 3. The van der Waals surface area contributed by atoms with Crippen molar-refractivity contribution < 1.29 is 25.3 Å². The Morgan fingerprint density at radius 1 is 0.419 bits per heavy atom. The Morgan fingerprint density at radius 2 is 0.613 bits per heavy atom. The van der Waals surface area contributed by atoms with Crippen LogP contribution in [0.15, 0.2) is 87.5 Å². The van der Waals surface area contributed by atoms with Crippen LogP contribution in [0, 0.1) is 0 Å². The summed E-state index contributed by atoms with van der Waals surface area (Å²) in [7, 11) is -11.6. The number of rotatable bonds is 6. The minimum absolute atomic E-state index is 0.0330. The number of hydrogen-bond acceptors (Lipinski definition) is 6. The summed E-state index contributed by atoms with van der Waals surface area (Å²) in [5.41, 5.74) is 0. The Kier molecular flexibility index (Phi) is 6.69. The van der Waals surface area contributed by atoms with E-state index in [4.69, 9.17) is 15.4 Å². The van der Waals surface area contributed by atoms with Gasteiger partial charge < -0.3 is 0 Å². The third-order valence-corrected chi connectivity index (χ3v) is 16.6. The quantitative estimate of drug-likeness (QED) is 0.258. The molecule has 0 aliphatic heterocycles. The van der Waals surface area contributed by atoms with Crippen LogP contribution in [0.4, 0.5) is 0 Å². The van der Waals surface area contributed by atoms with E-state index in [0.717, 1.165) is 9.81 Å². The van der Waals surface area contributed by atoms with Gasteiger partial charge in [0.05, 0.1) is 0 Å². The van der Waals surface area contributed by atoms with Crippen molar-refractivity contribution in [3.8, 4) is 0 Å². The van der Waals surface area contributed by atoms with E-state index in [2.05, 4.69) is 0 Å². The average Bonchev–Trinajstić information content (AvgIpc) is 2.67. The molecule has 0 aliphatic carbocycles. The molecule has 3 aromatic rings. The normalized spacial score (nSPS) is 12.8. The Hall–Kier alpha value is -1.73. The van der Waals surface area contributed by atoms with E-state index < -0.39 is 51.8 Å². The molecule has 9 nitrogen and oxygen atoms in total. The van der Waals surface area contributed by atoms with Crippen LogP contribution in [0.1, 0.15) is 0 Å². The van der Waals surface area contributed by atoms with Gasteiger partial charge in [-0.15, -0.1) is 0 Å². The molecule has 0 unspecified atom stereocenters. The van der Waals surface area contributed by atoms with Crippen LogP contribution < -0.4 is 25.2 Å². The molecule has 0 atom stereocenters. The van der Waals surface area contributed by atoms with Gasteiger partial charge in [-0.05, 0) is 0 Å². The predicted molar refractivity (Wildman–Crippen MR) is 118 cm³/mol. The van der Waals surface area contributed by atoms with Crippen molar-refractivity contribution in [3.05, 3.63) is 72.8 Å². The molecule has 6 N–H and O–H groups in total.